The van der Waals surface area contributed by atoms with Crippen LogP contribution in [0.3, 0.4) is 0 Å². The van der Waals surface area contributed by atoms with Crippen LogP contribution < -0.4 is 9.47 Å². The summed E-state index contributed by atoms with van der Waals surface area (Å²) in [6, 6.07) is 9.91. The number of phenols is 2. The predicted octanol–water partition coefficient (Wildman–Crippen LogP) is 3.54. The summed E-state index contributed by atoms with van der Waals surface area (Å²) in [5, 5.41) is 19.1. The van der Waals surface area contributed by atoms with Crippen LogP contribution in [0.15, 0.2) is 60.7 Å². The second-order valence-corrected chi connectivity index (χ2v) is 6.33. The fourth-order valence-electron chi connectivity index (χ4n) is 2.64. The van der Waals surface area contributed by atoms with Crippen molar-refractivity contribution in [3.05, 3.63) is 71.8 Å². The first-order chi connectivity index (χ1) is 13.9. The maximum absolute atomic E-state index is 11.9. The molecule has 0 saturated carbocycles. The minimum atomic E-state index is -0.281. The van der Waals surface area contributed by atoms with E-state index in [4.69, 9.17) is 9.47 Å². The molecule has 0 aliphatic rings. The van der Waals surface area contributed by atoms with Gasteiger partial charge in [0.1, 0.15) is 0 Å². The van der Waals surface area contributed by atoms with Gasteiger partial charge in [-0.1, -0.05) is 24.3 Å². The number of methoxy groups -OCH3 is 2. The van der Waals surface area contributed by atoms with Gasteiger partial charge in [-0.3, -0.25) is 9.59 Å². The van der Waals surface area contributed by atoms with Gasteiger partial charge >= 0.3 is 0 Å². The average Bonchev–Trinajstić information content (AvgIpc) is 2.70. The zero-order valence-electron chi connectivity index (χ0n) is 16.4. The van der Waals surface area contributed by atoms with Gasteiger partial charge < -0.3 is 19.7 Å². The lowest BCUT2D eigenvalue weighted by Crippen LogP contribution is -2.02. The molecule has 0 unspecified atom stereocenters. The maximum Gasteiger partial charge on any atom is 0.163 e. The third-order valence-corrected chi connectivity index (χ3v) is 4.15. The molecule has 0 aromatic heterocycles. The van der Waals surface area contributed by atoms with Crippen molar-refractivity contribution in [1.29, 1.82) is 0 Å². The molecule has 2 aromatic carbocycles. The van der Waals surface area contributed by atoms with Crippen LogP contribution in [-0.2, 0) is 22.4 Å². The van der Waals surface area contributed by atoms with E-state index >= 15 is 0 Å². The van der Waals surface area contributed by atoms with Crippen molar-refractivity contribution < 1.29 is 29.3 Å². The number of hydrogen-bond donors (Lipinski definition) is 2. The Bertz CT molecular complexity index is 851. The minimum absolute atomic E-state index is 0.0550. The molecular formula is C23H24O6. The fraction of sp³-hybridized carbons (Fsp3) is 0.217. The van der Waals surface area contributed by atoms with E-state index in [2.05, 4.69) is 0 Å². The molecule has 0 radical (unpaired) electrons. The van der Waals surface area contributed by atoms with Crippen molar-refractivity contribution in [1.82, 2.24) is 0 Å². The topological polar surface area (TPSA) is 93.1 Å². The zero-order valence-corrected chi connectivity index (χ0v) is 16.4. The number of carbonyl (C=O) groups is 2. The van der Waals surface area contributed by atoms with Gasteiger partial charge in [0.25, 0.3) is 0 Å². The first-order valence-electron chi connectivity index (χ1n) is 9.03. The molecule has 0 atom stereocenters. The molecular weight excluding hydrogens is 372 g/mol. The number of aromatic hydroxyl groups is 2. The van der Waals surface area contributed by atoms with Gasteiger partial charge in [0, 0.05) is 0 Å². The normalized spacial score (nSPS) is 11.1. The zero-order chi connectivity index (χ0) is 21.2. The second-order valence-electron chi connectivity index (χ2n) is 6.33. The predicted molar refractivity (Wildman–Crippen MR) is 110 cm³/mol. The number of rotatable bonds is 10. The molecule has 6 nitrogen and oxygen atoms in total. The van der Waals surface area contributed by atoms with Crippen molar-refractivity contribution in [3.63, 3.8) is 0 Å². The Morgan fingerprint density at radius 3 is 1.59 bits per heavy atom. The first kappa shape index (κ1) is 21.8. The summed E-state index contributed by atoms with van der Waals surface area (Å²) in [4.78, 5) is 23.8. The number of hydrogen-bond acceptors (Lipinski definition) is 6. The van der Waals surface area contributed by atoms with Crippen LogP contribution in [0, 0.1) is 0 Å². The highest BCUT2D eigenvalue weighted by Crippen LogP contribution is 2.27. The highest BCUT2D eigenvalue weighted by atomic mass is 16.5. The minimum Gasteiger partial charge on any atom is -0.504 e. The highest BCUT2D eigenvalue weighted by Gasteiger charge is 2.05. The third-order valence-electron chi connectivity index (χ3n) is 4.15. The van der Waals surface area contributed by atoms with E-state index < -0.39 is 0 Å². The summed E-state index contributed by atoms with van der Waals surface area (Å²) < 4.78 is 10.1. The van der Waals surface area contributed by atoms with Crippen LogP contribution in [0.1, 0.15) is 17.5 Å². The van der Waals surface area contributed by atoms with E-state index in [0.29, 0.717) is 24.3 Å². The Morgan fingerprint density at radius 2 is 1.21 bits per heavy atom. The van der Waals surface area contributed by atoms with Crippen molar-refractivity contribution >= 4 is 11.6 Å². The van der Waals surface area contributed by atoms with Crippen molar-refractivity contribution in [2.24, 2.45) is 0 Å². The Morgan fingerprint density at radius 1 is 0.793 bits per heavy atom. The molecule has 2 aromatic rings. The molecule has 2 N–H and O–H groups in total. The quantitative estimate of drug-likeness (QED) is 0.471. The Kier molecular flexibility index (Phi) is 8.03. The molecule has 0 heterocycles. The van der Waals surface area contributed by atoms with E-state index in [0.717, 1.165) is 11.1 Å². The molecule has 29 heavy (non-hydrogen) atoms. The summed E-state index contributed by atoms with van der Waals surface area (Å²) in [6.45, 7) is 0. The number of benzene rings is 2. The molecule has 6 heteroatoms. The smallest absolute Gasteiger partial charge is 0.163 e. The van der Waals surface area contributed by atoms with Crippen LogP contribution >= 0.6 is 0 Å². The van der Waals surface area contributed by atoms with Gasteiger partial charge in [0.2, 0.25) is 0 Å². The lowest BCUT2D eigenvalue weighted by atomic mass is 10.1. The van der Waals surface area contributed by atoms with Crippen LogP contribution in [0.2, 0.25) is 0 Å². The summed E-state index contributed by atoms with van der Waals surface area (Å²) in [6.07, 6.45) is 6.88. The number of phenolic OH excluding ortho intramolecular Hbond substituents is 2. The van der Waals surface area contributed by atoms with Gasteiger partial charge in [-0.05, 0) is 60.4 Å². The van der Waals surface area contributed by atoms with Gasteiger partial charge in [-0.15, -0.1) is 0 Å². The van der Waals surface area contributed by atoms with Gasteiger partial charge in [-0.2, -0.15) is 0 Å². The first-order valence-corrected chi connectivity index (χ1v) is 9.03. The van der Waals surface area contributed by atoms with E-state index in [1.165, 1.54) is 38.5 Å². The van der Waals surface area contributed by atoms with Crippen LogP contribution in [0.25, 0.3) is 0 Å². The number of carbonyl (C=O) groups excluding carboxylic acids is 2. The lowest BCUT2D eigenvalue weighted by Gasteiger charge is -2.04. The fourth-order valence-corrected chi connectivity index (χ4v) is 2.64. The summed E-state index contributed by atoms with van der Waals surface area (Å²) in [5.74, 6) is 0.287. The molecule has 0 bridgehead atoms. The molecule has 0 amide bonds. The standard InChI is InChI=1S/C23H24O6/c1-28-22-13-16(9-11-20(22)26)5-3-7-18(24)15-19(25)8-4-6-17-10-12-21(27)23(14-17)29-2/h3-4,7-14,26-27H,5-6,15H2,1-2H3. The van der Waals surface area contributed by atoms with Gasteiger partial charge in [-0.25, -0.2) is 0 Å². The van der Waals surface area contributed by atoms with Gasteiger partial charge in [0.05, 0.1) is 20.6 Å². The summed E-state index contributed by atoms with van der Waals surface area (Å²) in [7, 11) is 2.94. The monoisotopic (exact) mass is 396 g/mol. The molecule has 0 aliphatic heterocycles. The van der Waals surface area contributed by atoms with Crippen LogP contribution in [0.4, 0.5) is 0 Å². The van der Waals surface area contributed by atoms with E-state index in [9.17, 15) is 19.8 Å². The molecule has 0 aliphatic carbocycles. The van der Waals surface area contributed by atoms with Crippen molar-refractivity contribution in [2.45, 2.75) is 19.3 Å². The Balaban J connectivity index is 1.81. The van der Waals surface area contributed by atoms with Crippen LogP contribution in [-0.4, -0.2) is 36.0 Å². The molecule has 0 spiro atoms. The Labute approximate surface area is 169 Å². The van der Waals surface area contributed by atoms with Crippen molar-refractivity contribution in [3.8, 4) is 23.0 Å². The SMILES string of the molecule is COc1cc(CC=CC(=O)CC(=O)C=CCc2ccc(O)c(OC)c2)ccc1O. The van der Waals surface area contributed by atoms with E-state index in [1.54, 1.807) is 36.4 Å². The third kappa shape index (κ3) is 6.84. The lowest BCUT2D eigenvalue weighted by molar-refractivity contribution is -0.121. The molecule has 152 valence electrons. The summed E-state index contributed by atoms with van der Waals surface area (Å²) >= 11 is 0. The Hall–Kier alpha value is -3.54. The van der Waals surface area contributed by atoms with Crippen LogP contribution in [0.5, 0.6) is 23.0 Å². The second kappa shape index (κ2) is 10.7. The molecule has 0 fully saturated rings. The molecule has 0 saturated heterocycles. The largest absolute Gasteiger partial charge is 0.504 e. The highest BCUT2D eigenvalue weighted by molar-refractivity contribution is 6.08. The van der Waals surface area contributed by atoms with Gasteiger partial charge in [0.15, 0.2) is 34.6 Å². The number of allylic oxidation sites excluding steroid dienone is 4. The summed E-state index contributed by atoms with van der Waals surface area (Å²) in [5.41, 5.74) is 1.75. The van der Waals surface area contributed by atoms with E-state index in [-0.39, 0.29) is 29.5 Å². The van der Waals surface area contributed by atoms with E-state index in [1.807, 2.05) is 0 Å². The number of ether oxygens (including phenoxy) is 2. The maximum atomic E-state index is 11.9. The number of ketones is 2. The average molecular weight is 396 g/mol. The van der Waals surface area contributed by atoms with Crippen molar-refractivity contribution in [2.75, 3.05) is 14.2 Å². The molecule has 2 rings (SSSR count).